The maximum absolute atomic E-state index is 12.5. The smallest absolute Gasteiger partial charge is 0.0580 e. The number of fused-ring (bicyclic) bond motifs is 1. The fraction of sp³-hybridized carbons (Fsp3) is 0.571. The fourth-order valence-corrected chi connectivity index (χ4v) is 4.98. The molecule has 2 nitrogen and oxygen atoms in total. The van der Waals surface area contributed by atoms with Crippen molar-refractivity contribution < 1.29 is 4.21 Å². The Hall–Kier alpha value is -0.190. The van der Waals surface area contributed by atoms with E-state index in [0.29, 0.717) is 12.0 Å². The van der Waals surface area contributed by atoms with E-state index in [1.807, 2.05) is 12.1 Å². The Kier molecular flexibility index (Phi) is 4.62. The largest absolute Gasteiger partial charge is 0.310 e. The minimum atomic E-state index is -0.915. The van der Waals surface area contributed by atoms with Crippen molar-refractivity contribution in [3.63, 3.8) is 0 Å². The van der Waals surface area contributed by atoms with E-state index in [1.54, 1.807) is 0 Å². The van der Waals surface area contributed by atoms with Crippen molar-refractivity contribution in [2.24, 2.45) is 5.92 Å². The van der Waals surface area contributed by atoms with Gasteiger partial charge < -0.3 is 5.32 Å². The number of nitrogens with one attached hydrogen (secondary N) is 1. The summed E-state index contributed by atoms with van der Waals surface area (Å²) in [7, 11) is -0.915. The van der Waals surface area contributed by atoms with Crippen LogP contribution in [0.2, 0.25) is 0 Å². The van der Waals surface area contributed by atoms with Gasteiger partial charge in [-0.25, -0.2) is 0 Å². The van der Waals surface area contributed by atoms with Gasteiger partial charge >= 0.3 is 0 Å². The van der Waals surface area contributed by atoms with Crippen LogP contribution in [-0.4, -0.2) is 16.0 Å². The lowest BCUT2D eigenvalue weighted by atomic mass is 9.91. The average molecular weight is 330 g/mol. The molecule has 18 heavy (non-hydrogen) atoms. The second-order valence-electron chi connectivity index (χ2n) is 4.95. The van der Waals surface area contributed by atoms with Crippen LogP contribution in [0.4, 0.5) is 0 Å². The van der Waals surface area contributed by atoms with Crippen molar-refractivity contribution in [1.29, 1.82) is 0 Å². The minimum absolute atomic E-state index is 0.186. The van der Waals surface area contributed by atoms with Gasteiger partial charge in [0.05, 0.1) is 15.7 Å². The highest BCUT2D eigenvalue weighted by Crippen LogP contribution is 2.41. The third-order valence-electron chi connectivity index (χ3n) is 3.75. The van der Waals surface area contributed by atoms with Gasteiger partial charge in [0.25, 0.3) is 0 Å². The first-order chi connectivity index (χ1) is 8.57. The first-order valence-corrected chi connectivity index (χ1v) is 8.50. The molecule has 0 amide bonds. The Balaban J connectivity index is 2.46. The SMILES string of the molecule is CCCNC1c2cccc(Br)c2S(=O)C(C)C1C. The molecule has 0 radical (unpaired) electrons. The van der Waals surface area contributed by atoms with E-state index >= 15 is 0 Å². The molecule has 2 rings (SSSR count). The second-order valence-corrected chi connectivity index (χ2v) is 7.55. The third kappa shape index (κ3) is 2.43. The monoisotopic (exact) mass is 329 g/mol. The Morgan fingerprint density at radius 1 is 1.39 bits per heavy atom. The summed E-state index contributed by atoms with van der Waals surface area (Å²) in [6.45, 7) is 7.45. The van der Waals surface area contributed by atoms with E-state index in [2.05, 4.69) is 48.1 Å². The van der Waals surface area contributed by atoms with Gasteiger partial charge in [0.15, 0.2) is 0 Å². The highest BCUT2D eigenvalue weighted by molar-refractivity contribution is 9.10. The molecule has 1 N–H and O–H groups in total. The van der Waals surface area contributed by atoms with Gasteiger partial charge in [-0.3, -0.25) is 4.21 Å². The predicted octanol–water partition coefficient (Wildman–Crippen LogP) is 3.64. The standard InChI is InChI=1S/C14H20BrNOS/c1-4-8-16-13-9(2)10(3)18(17)14-11(13)6-5-7-12(14)15/h5-7,9-10,13,16H,4,8H2,1-3H3. The third-order valence-corrected chi connectivity index (χ3v) is 6.64. The maximum atomic E-state index is 12.5. The summed E-state index contributed by atoms with van der Waals surface area (Å²) >= 11 is 3.54. The summed E-state index contributed by atoms with van der Waals surface area (Å²) < 4.78 is 13.5. The Morgan fingerprint density at radius 2 is 2.11 bits per heavy atom. The molecule has 0 aromatic heterocycles. The van der Waals surface area contributed by atoms with E-state index in [4.69, 9.17) is 0 Å². The summed E-state index contributed by atoms with van der Waals surface area (Å²) in [5.41, 5.74) is 1.20. The molecule has 0 aliphatic carbocycles. The van der Waals surface area contributed by atoms with Crippen LogP contribution in [0.1, 0.15) is 38.8 Å². The Labute approximate surface area is 120 Å². The van der Waals surface area contributed by atoms with Gasteiger partial charge in [0, 0.05) is 15.8 Å². The summed E-state index contributed by atoms with van der Waals surface area (Å²) in [6.07, 6.45) is 1.12. The topological polar surface area (TPSA) is 29.1 Å². The first-order valence-electron chi connectivity index (χ1n) is 6.50. The lowest BCUT2D eigenvalue weighted by Gasteiger charge is -2.36. The van der Waals surface area contributed by atoms with Gasteiger partial charge in [0.1, 0.15) is 0 Å². The average Bonchev–Trinajstić information content (AvgIpc) is 2.36. The normalized spacial score (nSPS) is 31.1. The lowest BCUT2D eigenvalue weighted by molar-refractivity contribution is 0.366. The van der Waals surface area contributed by atoms with Crippen LogP contribution in [0.15, 0.2) is 27.6 Å². The summed E-state index contributed by atoms with van der Waals surface area (Å²) in [5, 5.41) is 3.79. The van der Waals surface area contributed by atoms with Gasteiger partial charge in [-0.1, -0.05) is 32.9 Å². The van der Waals surface area contributed by atoms with E-state index in [0.717, 1.165) is 22.3 Å². The number of benzene rings is 1. The van der Waals surface area contributed by atoms with Crippen LogP contribution in [0.3, 0.4) is 0 Å². The highest BCUT2D eigenvalue weighted by atomic mass is 79.9. The van der Waals surface area contributed by atoms with Crippen molar-refractivity contribution in [2.75, 3.05) is 6.54 Å². The number of hydrogen-bond donors (Lipinski definition) is 1. The van der Waals surface area contributed by atoms with Crippen LogP contribution < -0.4 is 5.32 Å². The molecule has 0 spiro atoms. The van der Waals surface area contributed by atoms with Crippen LogP contribution in [0.25, 0.3) is 0 Å². The van der Waals surface area contributed by atoms with Crippen LogP contribution in [-0.2, 0) is 10.8 Å². The Bertz CT molecular complexity index is 463. The molecule has 4 atom stereocenters. The molecule has 1 heterocycles. The fourth-order valence-electron chi connectivity index (χ4n) is 2.51. The van der Waals surface area contributed by atoms with E-state index in [1.165, 1.54) is 5.56 Å². The zero-order chi connectivity index (χ0) is 13.3. The predicted molar refractivity (Wildman–Crippen MR) is 80.2 cm³/mol. The van der Waals surface area contributed by atoms with Gasteiger partial charge in [-0.05, 0) is 46.4 Å². The first kappa shape index (κ1) is 14.2. The van der Waals surface area contributed by atoms with Crippen molar-refractivity contribution in [3.05, 3.63) is 28.2 Å². The van der Waals surface area contributed by atoms with Crippen LogP contribution in [0.5, 0.6) is 0 Å². The molecule has 1 aliphatic rings. The maximum Gasteiger partial charge on any atom is 0.0580 e. The molecule has 0 bridgehead atoms. The summed E-state index contributed by atoms with van der Waals surface area (Å²) in [4.78, 5) is 0.983. The molecule has 0 saturated heterocycles. The van der Waals surface area contributed by atoms with E-state index in [9.17, 15) is 4.21 Å². The molecular weight excluding hydrogens is 310 g/mol. The van der Waals surface area contributed by atoms with Crippen molar-refractivity contribution >= 4 is 26.7 Å². The number of hydrogen-bond acceptors (Lipinski definition) is 2. The second kappa shape index (κ2) is 5.85. The number of rotatable bonds is 3. The van der Waals surface area contributed by atoms with E-state index in [-0.39, 0.29) is 5.25 Å². The molecule has 0 saturated carbocycles. The summed E-state index contributed by atoms with van der Waals surface area (Å²) in [5.74, 6) is 0.388. The molecular formula is C14H20BrNOS. The molecule has 4 unspecified atom stereocenters. The van der Waals surface area contributed by atoms with Crippen molar-refractivity contribution in [3.8, 4) is 0 Å². The molecule has 1 aromatic rings. The molecule has 1 aromatic carbocycles. The molecule has 0 fully saturated rings. The zero-order valence-corrected chi connectivity index (χ0v) is 13.5. The zero-order valence-electron chi connectivity index (χ0n) is 11.1. The number of halogens is 1. The van der Waals surface area contributed by atoms with E-state index < -0.39 is 10.8 Å². The lowest BCUT2D eigenvalue weighted by Crippen LogP contribution is -2.39. The van der Waals surface area contributed by atoms with Crippen LogP contribution >= 0.6 is 15.9 Å². The Morgan fingerprint density at radius 3 is 2.78 bits per heavy atom. The molecule has 1 aliphatic heterocycles. The van der Waals surface area contributed by atoms with Crippen molar-refractivity contribution in [1.82, 2.24) is 5.32 Å². The van der Waals surface area contributed by atoms with Gasteiger partial charge in [-0.2, -0.15) is 0 Å². The van der Waals surface area contributed by atoms with Gasteiger partial charge in [-0.15, -0.1) is 0 Å². The van der Waals surface area contributed by atoms with Crippen molar-refractivity contribution in [2.45, 2.75) is 43.4 Å². The van der Waals surface area contributed by atoms with Gasteiger partial charge in [0.2, 0.25) is 0 Å². The quantitative estimate of drug-likeness (QED) is 0.917. The molecule has 4 heteroatoms. The molecule has 100 valence electrons. The highest BCUT2D eigenvalue weighted by Gasteiger charge is 2.36. The minimum Gasteiger partial charge on any atom is -0.310 e. The van der Waals surface area contributed by atoms with Crippen LogP contribution in [0, 0.1) is 5.92 Å². The summed E-state index contributed by atoms with van der Waals surface area (Å²) in [6, 6.07) is 6.43.